The van der Waals surface area contributed by atoms with Crippen molar-refractivity contribution in [3.05, 3.63) is 47.5 Å². The van der Waals surface area contributed by atoms with Crippen LogP contribution in [0.2, 0.25) is 0 Å². The molecule has 0 amide bonds. The van der Waals surface area contributed by atoms with Gasteiger partial charge in [-0.2, -0.15) is 0 Å². The van der Waals surface area contributed by atoms with Gasteiger partial charge in [-0.25, -0.2) is 0 Å². The van der Waals surface area contributed by atoms with Gasteiger partial charge in [-0.15, -0.1) is 0 Å². The molecule has 1 heteroatoms. The maximum Gasteiger partial charge on any atom is 0.0205 e. The number of allylic oxidation sites excluding steroid dienone is 2. The molecular formula is C14H19N. The first-order valence-electron chi connectivity index (χ1n) is 5.88. The molecule has 80 valence electrons. The van der Waals surface area contributed by atoms with E-state index >= 15 is 0 Å². The SMILES string of the molecule is C(CCCNCc1ccccc1)=C1CC1. The van der Waals surface area contributed by atoms with Gasteiger partial charge in [0.1, 0.15) is 0 Å². The zero-order valence-corrected chi connectivity index (χ0v) is 9.21. The van der Waals surface area contributed by atoms with Gasteiger partial charge in [0.25, 0.3) is 0 Å². The van der Waals surface area contributed by atoms with Crippen LogP contribution in [0.15, 0.2) is 42.0 Å². The van der Waals surface area contributed by atoms with Crippen LogP contribution in [0.25, 0.3) is 0 Å². The zero-order valence-electron chi connectivity index (χ0n) is 9.21. The molecule has 0 saturated heterocycles. The summed E-state index contributed by atoms with van der Waals surface area (Å²) >= 11 is 0. The summed E-state index contributed by atoms with van der Waals surface area (Å²) < 4.78 is 0. The van der Waals surface area contributed by atoms with Crippen molar-refractivity contribution >= 4 is 0 Å². The van der Waals surface area contributed by atoms with Gasteiger partial charge < -0.3 is 5.32 Å². The molecule has 1 aliphatic carbocycles. The molecule has 1 nitrogen and oxygen atoms in total. The summed E-state index contributed by atoms with van der Waals surface area (Å²) in [4.78, 5) is 0. The van der Waals surface area contributed by atoms with Crippen LogP contribution in [0.3, 0.4) is 0 Å². The molecule has 1 aromatic carbocycles. The maximum atomic E-state index is 3.47. The smallest absolute Gasteiger partial charge is 0.0205 e. The maximum absolute atomic E-state index is 3.47. The van der Waals surface area contributed by atoms with Crippen LogP contribution in [-0.2, 0) is 6.54 Å². The Kier molecular flexibility index (Phi) is 3.98. The monoisotopic (exact) mass is 201 g/mol. The van der Waals surface area contributed by atoms with Gasteiger partial charge in [0.15, 0.2) is 0 Å². The van der Waals surface area contributed by atoms with E-state index in [1.807, 2.05) is 0 Å². The Morgan fingerprint density at radius 2 is 1.93 bits per heavy atom. The fraction of sp³-hybridized carbons (Fsp3) is 0.429. The van der Waals surface area contributed by atoms with Gasteiger partial charge in [0, 0.05) is 6.54 Å². The molecule has 2 rings (SSSR count). The highest BCUT2D eigenvalue weighted by Crippen LogP contribution is 2.27. The first kappa shape index (κ1) is 10.4. The van der Waals surface area contributed by atoms with Gasteiger partial charge in [-0.1, -0.05) is 42.0 Å². The summed E-state index contributed by atoms with van der Waals surface area (Å²) in [5.41, 5.74) is 3.04. The molecule has 0 aliphatic heterocycles. The van der Waals surface area contributed by atoms with Crippen molar-refractivity contribution in [1.82, 2.24) is 5.32 Å². The van der Waals surface area contributed by atoms with Crippen LogP contribution in [0.5, 0.6) is 0 Å². The fourth-order valence-electron chi connectivity index (χ4n) is 1.64. The number of unbranched alkanes of at least 4 members (excludes halogenated alkanes) is 1. The average Bonchev–Trinajstić information content (AvgIpc) is 3.09. The first-order chi connectivity index (χ1) is 7.45. The van der Waals surface area contributed by atoms with Gasteiger partial charge in [-0.3, -0.25) is 0 Å². The van der Waals surface area contributed by atoms with Gasteiger partial charge in [-0.05, 0) is 37.8 Å². The summed E-state index contributed by atoms with van der Waals surface area (Å²) in [7, 11) is 0. The Morgan fingerprint density at radius 3 is 2.67 bits per heavy atom. The van der Waals surface area contributed by atoms with Gasteiger partial charge >= 0.3 is 0 Å². The highest BCUT2D eigenvalue weighted by molar-refractivity contribution is 5.16. The molecule has 0 heterocycles. The Morgan fingerprint density at radius 1 is 1.13 bits per heavy atom. The van der Waals surface area contributed by atoms with Gasteiger partial charge in [0.2, 0.25) is 0 Å². The van der Waals surface area contributed by atoms with E-state index in [0.29, 0.717) is 0 Å². The van der Waals surface area contributed by atoms with Crippen LogP contribution in [-0.4, -0.2) is 6.54 Å². The molecular weight excluding hydrogens is 182 g/mol. The van der Waals surface area contributed by atoms with Crippen LogP contribution < -0.4 is 5.32 Å². The van der Waals surface area contributed by atoms with Crippen molar-refractivity contribution in [2.45, 2.75) is 32.2 Å². The topological polar surface area (TPSA) is 12.0 Å². The molecule has 0 bridgehead atoms. The quantitative estimate of drug-likeness (QED) is 0.550. The molecule has 1 aliphatic rings. The van der Waals surface area contributed by atoms with Crippen molar-refractivity contribution in [3.63, 3.8) is 0 Å². The summed E-state index contributed by atoms with van der Waals surface area (Å²) in [6.07, 6.45) is 7.63. The lowest BCUT2D eigenvalue weighted by Crippen LogP contribution is -2.14. The molecule has 1 N–H and O–H groups in total. The van der Waals surface area contributed by atoms with E-state index in [1.165, 1.54) is 31.2 Å². The van der Waals surface area contributed by atoms with E-state index < -0.39 is 0 Å². The first-order valence-corrected chi connectivity index (χ1v) is 5.88. The van der Waals surface area contributed by atoms with Crippen molar-refractivity contribution in [2.24, 2.45) is 0 Å². The Hall–Kier alpha value is -1.08. The van der Waals surface area contributed by atoms with Crippen LogP contribution in [0.1, 0.15) is 31.2 Å². The van der Waals surface area contributed by atoms with E-state index in [2.05, 4.69) is 41.7 Å². The highest BCUT2D eigenvalue weighted by Gasteiger charge is 2.08. The van der Waals surface area contributed by atoms with E-state index in [4.69, 9.17) is 0 Å². The van der Waals surface area contributed by atoms with E-state index in [9.17, 15) is 0 Å². The summed E-state index contributed by atoms with van der Waals surface area (Å²) in [5.74, 6) is 0. The molecule has 1 fully saturated rings. The summed E-state index contributed by atoms with van der Waals surface area (Å²) in [6.45, 7) is 2.12. The van der Waals surface area contributed by atoms with E-state index in [1.54, 1.807) is 5.57 Å². The lowest BCUT2D eigenvalue weighted by molar-refractivity contribution is 0.655. The molecule has 0 radical (unpaired) electrons. The molecule has 0 spiro atoms. The van der Waals surface area contributed by atoms with Crippen LogP contribution >= 0.6 is 0 Å². The minimum atomic E-state index is 0.997. The highest BCUT2D eigenvalue weighted by atomic mass is 14.8. The van der Waals surface area contributed by atoms with Crippen molar-refractivity contribution in [3.8, 4) is 0 Å². The third-order valence-corrected chi connectivity index (χ3v) is 2.70. The molecule has 15 heavy (non-hydrogen) atoms. The zero-order chi connectivity index (χ0) is 10.3. The largest absolute Gasteiger partial charge is 0.313 e. The van der Waals surface area contributed by atoms with Crippen LogP contribution in [0.4, 0.5) is 0 Å². The molecule has 1 saturated carbocycles. The van der Waals surface area contributed by atoms with E-state index in [0.717, 1.165) is 13.1 Å². The average molecular weight is 201 g/mol. The molecule has 0 aromatic heterocycles. The van der Waals surface area contributed by atoms with Crippen LogP contribution in [0, 0.1) is 0 Å². The van der Waals surface area contributed by atoms with Gasteiger partial charge in [0.05, 0.1) is 0 Å². The summed E-state index contributed by atoms with van der Waals surface area (Å²) in [6, 6.07) is 10.6. The lowest BCUT2D eigenvalue weighted by atomic mass is 10.2. The number of benzene rings is 1. The third-order valence-electron chi connectivity index (χ3n) is 2.70. The second-order valence-electron chi connectivity index (χ2n) is 4.17. The number of rotatable bonds is 6. The second kappa shape index (κ2) is 5.72. The van der Waals surface area contributed by atoms with Crippen molar-refractivity contribution in [2.75, 3.05) is 6.54 Å². The normalized spacial score (nSPS) is 14.0. The lowest BCUT2D eigenvalue weighted by Gasteiger charge is -2.03. The number of hydrogen-bond donors (Lipinski definition) is 1. The molecule has 0 unspecified atom stereocenters. The minimum Gasteiger partial charge on any atom is -0.313 e. The standard InChI is InChI=1S/C14H19N/c1-2-7-14(8-3-1)12-15-11-5-4-6-13-9-10-13/h1-3,6-8,15H,4-5,9-12H2. The van der Waals surface area contributed by atoms with Crippen molar-refractivity contribution < 1.29 is 0 Å². The minimum absolute atomic E-state index is 0.997. The molecule has 1 aromatic rings. The fourth-order valence-corrected chi connectivity index (χ4v) is 1.64. The Bertz CT molecular complexity index is 307. The number of nitrogens with one attached hydrogen (secondary N) is 1. The molecule has 0 atom stereocenters. The number of hydrogen-bond acceptors (Lipinski definition) is 1. The van der Waals surface area contributed by atoms with Crippen molar-refractivity contribution in [1.29, 1.82) is 0 Å². The second-order valence-corrected chi connectivity index (χ2v) is 4.17. The third kappa shape index (κ3) is 4.30. The Labute approximate surface area is 92.2 Å². The predicted molar refractivity (Wildman–Crippen MR) is 64.7 cm³/mol. The summed E-state index contributed by atoms with van der Waals surface area (Å²) in [5, 5.41) is 3.47. The Balaban J connectivity index is 1.53. The van der Waals surface area contributed by atoms with E-state index in [-0.39, 0.29) is 0 Å². The predicted octanol–water partition coefficient (Wildman–Crippen LogP) is 3.28.